The van der Waals surface area contributed by atoms with Crippen molar-refractivity contribution in [1.82, 2.24) is 0 Å². The minimum atomic E-state index is -0.572. The second kappa shape index (κ2) is 8.43. The first-order valence-electron chi connectivity index (χ1n) is 9.88. The second-order valence-corrected chi connectivity index (χ2v) is 7.15. The van der Waals surface area contributed by atoms with Crippen molar-refractivity contribution >= 4 is 34.4 Å². The van der Waals surface area contributed by atoms with Gasteiger partial charge in [-0.15, -0.1) is 0 Å². The highest BCUT2D eigenvalue weighted by molar-refractivity contribution is 6.46. The van der Waals surface area contributed by atoms with Crippen LogP contribution in [-0.4, -0.2) is 16.7 Å². The molecular formula is C24H18FN3O4. The van der Waals surface area contributed by atoms with Gasteiger partial charge in [-0.3, -0.25) is 19.7 Å². The smallest absolute Gasteiger partial charge is 0.282 e. The minimum absolute atomic E-state index is 0.00929. The van der Waals surface area contributed by atoms with Gasteiger partial charge in [0.15, 0.2) is 0 Å². The summed E-state index contributed by atoms with van der Waals surface area (Å²) in [6, 6.07) is 17.8. The normalized spacial score (nSPS) is 13.6. The molecule has 2 amide bonds. The van der Waals surface area contributed by atoms with Gasteiger partial charge in [0.1, 0.15) is 11.5 Å². The van der Waals surface area contributed by atoms with E-state index in [1.54, 1.807) is 12.1 Å². The summed E-state index contributed by atoms with van der Waals surface area (Å²) in [5.41, 5.74) is 2.19. The van der Waals surface area contributed by atoms with E-state index in [0.29, 0.717) is 16.9 Å². The van der Waals surface area contributed by atoms with Crippen LogP contribution < -0.4 is 10.2 Å². The van der Waals surface area contributed by atoms with Crippen molar-refractivity contribution in [3.8, 4) is 0 Å². The van der Waals surface area contributed by atoms with E-state index in [4.69, 9.17) is 0 Å². The number of nitro groups is 1. The average Bonchev–Trinajstić information content (AvgIpc) is 3.04. The SMILES string of the molecule is CCc1ccc(N2C(=O)C(Nc3ccc(F)cc3)=C(c3ccc([N+](=O)[O-])cc3)C2=O)cc1. The monoisotopic (exact) mass is 431 g/mol. The van der Waals surface area contributed by atoms with Gasteiger partial charge in [0, 0.05) is 17.8 Å². The van der Waals surface area contributed by atoms with E-state index >= 15 is 0 Å². The van der Waals surface area contributed by atoms with Gasteiger partial charge in [-0.25, -0.2) is 9.29 Å². The van der Waals surface area contributed by atoms with Crippen molar-refractivity contribution in [3.05, 3.63) is 106 Å². The number of nitro benzene ring substituents is 1. The van der Waals surface area contributed by atoms with E-state index in [1.165, 1.54) is 48.5 Å². The Balaban J connectivity index is 1.79. The Labute approximate surface area is 182 Å². The molecule has 1 heterocycles. The van der Waals surface area contributed by atoms with Gasteiger partial charge >= 0.3 is 0 Å². The lowest BCUT2D eigenvalue weighted by atomic mass is 10.0. The number of rotatable bonds is 6. The summed E-state index contributed by atoms with van der Waals surface area (Å²) >= 11 is 0. The predicted molar refractivity (Wildman–Crippen MR) is 118 cm³/mol. The Kier molecular flexibility index (Phi) is 5.51. The number of non-ortho nitro benzene ring substituents is 1. The number of aryl methyl sites for hydroxylation is 1. The summed E-state index contributed by atoms with van der Waals surface area (Å²) in [5.74, 6) is -1.57. The van der Waals surface area contributed by atoms with E-state index in [-0.39, 0.29) is 17.0 Å². The number of carbonyl (C=O) groups excluding carboxylic acids is 2. The fourth-order valence-electron chi connectivity index (χ4n) is 3.46. The first kappa shape index (κ1) is 20.9. The molecule has 160 valence electrons. The lowest BCUT2D eigenvalue weighted by molar-refractivity contribution is -0.384. The third-order valence-electron chi connectivity index (χ3n) is 5.17. The van der Waals surface area contributed by atoms with Gasteiger partial charge in [0.05, 0.1) is 16.2 Å². The molecule has 8 heteroatoms. The number of nitrogens with zero attached hydrogens (tertiary/aromatic N) is 2. The molecule has 0 aliphatic carbocycles. The topological polar surface area (TPSA) is 92.6 Å². The Hall–Kier alpha value is -4.33. The van der Waals surface area contributed by atoms with Gasteiger partial charge in [-0.2, -0.15) is 0 Å². The molecule has 0 fully saturated rings. The van der Waals surface area contributed by atoms with Gasteiger partial charge in [-0.1, -0.05) is 19.1 Å². The van der Waals surface area contributed by atoms with Crippen LogP contribution in [0.4, 0.5) is 21.5 Å². The number of hydrogen-bond acceptors (Lipinski definition) is 5. The highest BCUT2D eigenvalue weighted by Gasteiger charge is 2.40. The van der Waals surface area contributed by atoms with Crippen LogP contribution in [0, 0.1) is 15.9 Å². The van der Waals surface area contributed by atoms with Crippen LogP contribution in [0.3, 0.4) is 0 Å². The van der Waals surface area contributed by atoms with Gasteiger partial charge < -0.3 is 5.32 Å². The zero-order valence-corrected chi connectivity index (χ0v) is 17.0. The predicted octanol–water partition coefficient (Wildman–Crippen LogP) is 4.69. The third kappa shape index (κ3) is 3.85. The third-order valence-corrected chi connectivity index (χ3v) is 5.17. The molecule has 0 aromatic heterocycles. The number of anilines is 2. The quantitative estimate of drug-likeness (QED) is 0.347. The van der Waals surface area contributed by atoms with Crippen molar-refractivity contribution in [2.24, 2.45) is 0 Å². The molecule has 0 unspecified atom stereocenters. The molecule has 0 radical (unpaired) electrons. The lowest BCUT2D eigenvalue weighted by Crippen LogP contribution is -2.32. The lowest BCUT2D eigenvalue weighted by Gasteiger charge is -2.16. The Morgan fingerprint density at radius 2 is 1.53 bits per heavy atom. The van der Waals surface area contributed by atoms with Crippen LogP contribution in [0.5, 0.6) is 0 Å². The van der Waals surface area contributed by atoms with Crippen molar-refractivity contribution in [2.45, 2.75) is 13.3 Å². The van der Waals surface area contributed by atoms with Crippen molar-refractivity contribution < 1.29 is 18.9 Å². The van der Waals surface area contributed by atoms with Crippen LogP contribution in [-0.2, 0) is 16.0 Å². The van der Waals surface area contributed by atoms with Crippen LogP contribution in [0.25, 0.3) is 5.57 Å². The zero-order chi connectivity index (χ0) is 22.8. The number of nitrogens with one attached hydrogen (secondary N) is 1. The molecule has 3 aromatic rings. The molecule has 1 aliphatic rings. The van der Waals surface area contributed by atoms with E-state index in [1.807, 2.05) is 19.1 Å². The summed E-state index contributed by atoms with van der Waals surface area (Å²) in [7, 11) is 0. The molecule has 7 nitrogen and oxygen atoms in total. The van der Waals surface area contributed by atoms with Crippen LogP contribution in [0.15, 0.2) is 78.5 Å². The van der Waals surface area contributed by atoms with Gasteiger partial charge in [0.2, 0.25) is 0 Å². The second-order valence-electron chi connectivity index (χ2n) is 7.15. The van der Waals surface area contributed by atoms with Crippen LogP contribution >= 0.6 is 0 Å². The maximum Gasteiger partial charge on any atom is 0.282 e. The van der Waals surface area contributed by atoms with E-state index in [2.05, 4.69) is 5.32 Å². The summed E-state index contributed by atoms with van der Waals surface area (Å²) in [4.78, 5) is 38.2. The molecule has 0 saturated carbocycles. The highest BCUT2D eigenvalue weighted by atomic mass is 19.1. The fraction of sp³-hybridized carbons (Fsp3) is 0.0833. The van der Waals surface area contributed by atoms with Crippen LogP contribution in [0.1, 0.15) is 18.1 Å². The summed E-state index contributed by atoms with van der Waals surface area (Å²) in [5, 5.41) is 13.9. The number of carbonyl (C=O) groups is 2. The number of imide groups is 1. The summed E-state index contributed by atoms with van der Waals surface area (Å²) in [6.45, 7) is 2.00. The largest absolute Gasteiger partial charge is 0.350 e. The van der Waals surface area contributed by atoms with E-state index < -0.39 is 22.6 Å². The highest BCUT2D eigenvalue weighted by Crippen LogP contribution is 2.34. The Bertz CT molecular complexity index is 1230. The average molecular weight is 431 g/mol. The van der Waals surface area contributed by atoms with Crippen LogP contribution in [0.2, 0.25) is 0 Å². The molecule has 0 spiro atoms. The first-order valence-corrected chi connectivity index (χ1v) is 9.88. The number of hydrogen-bond donors (Lipinski definition) is 1. The Morgan fingerprint density at radius 3 is 2.09 bits per heavy atom. The molecule has 0 saturated heterocycles. The Morgan fingerprint density at radius 1 is 0.906 bits per heavy atom. The first-order chi connectivity index (χ1) is 15.4. The van der Waals surface area contributed by atoms with Crippen molar-refractivity contribution in [1.29, 1.82) is 0 Å². The van der Waals surface area contributed by atoms with Gasteiger partial charge in [0.25, 0.3) is 17.5 Å². The molecule has 0 atom stereocenters. The fourth-order valence-corrected chi connectivity index (χ4v) is 3.46. The number of halogens is 1. The van der Waals surface area contributed by atoms with Crippen molar-refractivity contribution in [3.63, 3.8) is 0 Å². The van der Waals surface area contributed by atoms with Crippen molar-refractivity contribution in [2.75, 3.05) is 10.2 Å². The molecule has 32 heavy (non-hydrogen) atoms. The minimum Gasteiger partial charge on any atom is -0.350 e. The summed E-state index contributed by atoms with van der Waals surface area (Å²) in [6.07, 6.45) is 0.811. The van der Waals surface area contributed by atoms with Gasteiger partial charge in [-0.05, 0) is 66.1 Å². The van der Waals surface area contributed by atoms with E-state index in [9.17, 15) is 24.1 Å². The molecule has 3 aromatic carbocycles. The maximum atomic E-state index is 13.4. The molecule has 0 bridgehead atoms. The molecule has 4 rings (SSSR count). The maximum absolute atomic E-state index is 13.4. The number of benzene rings is 3. The standard InChI is InChI=1S/C24H18FN3O4/c1-2-15-3-11-19(12-4-15)27-23(29)21(16-5-13-20(14-6-16)28(31)32)22(24(27)30)26-18-9-7-17(25)8-10-18/h3-14,26H,2H2,1H3. The molecular weight excluding hydrogens is 413 g/mol. The van der Waals surface area contributed by atoms with E-state index in [0.717, 1.165) is 16.9 Å². The summed E-state index contributed by atoms with van der Waals surface area (Å²) < 4.78 is 13.3. The number of amides is 2. The zero-order valence-electron chi connectivity index (χ0n) is 17.0. The molecule has 1 N–H and O–H groups in total. The molecule has 1 aliphatic heterocycles.